The Balaban J connectivity index is 4.64. The molecule has 0 aliphatic carbocycles. The average molecular weight is 188 g/mol. The van der Waals surface area contributed by atoms with Crippen LogP contribution in [0.5, 0.6) is 0 Å². The van der Waals surface area contributed by atoms with E-state index in [1.807, 2.05) is 0 Å². The van der Waals surface area contributed by atoms with Gasteiger partial charge in [0, 0.05) is 0 Å². The lowest BCUT2D eigenvalue weighted by molar-refractivity contribution is -0.0433. The second-order valence-corrected chi connectivity index (χ2v) is 4.14. The van der Waals surface area contributed by atoms with E-state index < -0.39 is 21.1 Å². The summed E-state index contributed by atoms with van der Waals surface area (Å²) in [4.78, 5) is 0. The largest absolute Gasteiger partial charge is 0.497 e. The minimum absolute atomic E-state index is 0.0256. The first-order valence-electron chi connectivity index (χ1n) is 2.60. The number of rotatable bonds is 2. The zero-order chi connectivity index (χ0) is 9.28. The molecule has 6 heteroatoms. The van der Waals surface area contributed by atoms with Crippen LogP contribution in [-0.2, 0) is 9.84 Å². The van der Waals surface area contributed by atoms with Crippen LogP contribution < -0.4 is 0 Å². The Bertz CT molecular complexity index is 249. The highest BCUT2D eigenvalue weighted by molar-refractivity contribution is 7.92. The molecule has 0 amide bonds. The van der Waals surface area contributed by atoms with E-state index in [1.165, 1.54) is 6.92 Å². The number of hydrogen-bond acceptors (Lipinski definition) is 2. The smallest absolute Gasteiger partial charge is 0.219 e. The molecule has 0 fully saturated rings. The Labute approximate surface area is 62.6 Å². The fourth-order valence-electron chi connectivity index (χ4n) is 0.406. The van der Waals surface area contributed by atoms with Crippen LogP contribution in [0.2, 0.25) is 0 Å². The molecule has 0 saturated heterocycles. The van der Waals surface area contributed by atoms with Gasteiger partial charge in [0.2, 0.25) is 0 Å². The molecule has 2 nitrogen and oxygen atoms in total. The van der Waals surface area contributed by atoms with Crippen LogP contribution in [0.4, 0.5) is 13.2 Å². The molecular weight excluding hydrogens is 181 g/mol. The van der Waals surface area contributed by atoms with Crippen molar-refractivity contribution in [3.8, 4) is 0 Å². The van der Waals surface area contributed by atoms with Crippen LogP contribution in [0.15, 0.2) is 12.2 Å². The Morgan fingerprint density at radius 1 is 1.45 bits per heavy atom. The lowest BCUT2D eigenvalue weighted by Gasteiger charge is -2.06. The van der Waals surface area contributed by atoms with Crippen LogP contribution in [0.25, 0.3) is 0 Å². The second kappa shape index (κ2) is 2.84. The van der Waals surface area contributed by atoms with Gasteiger partial charge in [-0.05, 0) is 6.92 Å². The summed E-state index contributed by atoms with van der Waals surface area (Å²) in [6, 6.07) is 0. The van der Waals surface area contributed by atoms with Gasteiger partial charge in [0.05, 0.1) is 5.75 Å². The highest BCUT2D eigenvalue weighted by Gasteiger charge is 2.44. The van der Waals surface area contributed by atoms with E-state index in [0.717, 1.165) is 0 Å². The molecule has 0 saturated carbocycles. The van der Waals surface area contributed by atoms with E-state index in [-0.39, 0.29) is 5.57 Å². The summed E-state index contributed by atoms with van der Waals surface area (Å²) in [6.45, 7) is 4.30. The van der Waals surface area contributed by atoms with Gasteiger partial charge >= 0.3 is 5.51 Å². The van der Waals surface area contributed by atoms with Crippen molar-refractivity contribution in [1.29, 1.82) is 0 Å². The first kappa shape index (κ1) is 10.5. The van der Waals surface area contributed by atoms with Gasteiger partial charge in [-0.2, -0.15) is 13.2 Å². The van der Waals surface area contributed by atoms with Crippen molar-refractivity contribution < 1.29 is 21.6 Å². The third kappa shape index (κ3) is 2.92. The van der Waals surface area contributed by atoms with E-state index in [4.69, 9.17) is 0 Å². The Morgan fingerprint density at radius 3 is 1.91 bits per heavy atom. The average Bonchev–Trinajstić information content (AvgIpc) is 1.56. The normalized spacial score (nSPS) is 13.1. The van der Waals surface area contributed by atoms with Crippen LogP contribution >= 0.6 is 0 Å². The molecule has 0 spiro atoms. The summed E-state index contributed by atoms with van der Waals surface area (Å²) in [5, 5.41) is 0. The van der Waals surface area contributed by atoms with E-state index in [1.54, 1.807) is 0 Å². The summed E-state index contributed by atoms with van der Waals surface area (Å²) in [5.41, 5.74) is -5.19. The molecule has 66 valence electrons. The highest BCUT2D eigenvalue weighted by Crippen LogP contribution is 2.24. The zero-order valence-electron chi connectivity index (χ0n) is 5.77. The lowest BCUT2D eigenvalue weighted by Crippen LogP contribution is -2.26. The number of alkyl halides is 3. The van der Waals surface area contributed by atoms with Gasteiger partial charge in [-0.25, -0.2) is 8.42 Å². The van der Waals surface area contributed by atoms with Crippen molar-refractivity contribution in [1.82, 2.24) is 0 Å². The van der Waals surface area contributed by atoms with E-state index in [0.29, 0.717) is 0 Å². The molecule has 11 heavy (non-hydrogen) atoms. The molecule has 0 unspecified atom stereocenters. The predicted molar refractivity (Wildman–Crippen MR) is 34.7 cm³/mol. The van der Waals surface area contributed by atoms with Crippen molar-refractivity contribution in [2.75, 3.05) is 5.75 Å². The van der Waals surface area contributed by atoms with Crippen molar-refractivity contribution in [3.63, 3.8) is 0 Å². The van der Waals surface area contributed by atoms with Gasteiger partial charge in [-0.1, -0.05) is 12.2 Å². The molecule has 0 aromatic heterocycles. The van der Waals surface area contributed by atoms with E-state index in [2.05, 4.69) is 6.58 Å². The molecule has 0 N–H and O–H groups in total. The summed E-state index contributed by atoms with van der Waals surface area (Å²) in [5.74, 6) is -1.03. The molecule has 0 rings (SSSR count). The topological polar surface area (TPSA) is 34.1 Å². The van der Waals surface area contributed by atoms with Crippen LogP contribution in [0, 0.1) is 0 Å². The molecule has 0 bridgehead atoms. The number of hydrogen-bond donors (Lipinski definition) is 0. The molecule has 0 aliphatic rings. The summed E-state index contributed by atoms with van der Waals surface area (Å²) >= 11 is 0. The highest BCUT2D eigenvalue weighted by atomic mass is 32.2. The molecule has 0 aromatic rings. The maximum Gasteiger partial charge on any atom is 0.497 e. The van der Waals surface area contributed by atoms with Gasteiger partial charge < -0.3 is 0 Å². The Kier molecular flexibility index (Phi) is 2.71. The second-order valence-electron chi connectivity index (χ2n) is 2.16. The van der Waals surface area contributed by atoms with Gasteiger partial charge in [0.15, 0.2) is 0 Å². The summed E-state index contributed by atoms with van der Waals surface area (Å²) in [6.07, 6.45) is 0. The molecule has 0 aliphatic heterocycles. The van der Waals surface area contributed by atoms with Gasteiger partial charge in [-0.3, -0.25) is 0 Å². The maximum atomic E-state index is 11.6. The molecular formula is C5H7F3O2S. The van der Waals surface area contributed by atoms with Gasteiger partial charge in [0.25, 0.3) is 9.84 Å². The third-order valence-electron chi connectivity index (χ3n) is 0.789. The zero-order valence-corrected chi connectivity index (χ0v) is 6.59. The standard InChI is InChI=1S/C5H7F3O2S/c1-4(2)3-11(9,10)5(6,7)8/h1,3H2,2H3. The fraction of sp³-hybridized carbons (Fsp3) is 0.600. The molecule has 0 atom stereocenters. The SMILES string of the molecule is C=C(C)CS(=O)(=O)C(F)(F)F. The number of sulfone groups is 1. The van der Waals surface area contributed by atoms with Crippen molar-refractivity contribution in [2.45, 2.75) is 12.4 Å². The summed E-state index contributed by atoms with van der Waals surface area (Å²) < 4.78 is 55.2. The Hall–Kier alpha value is -0.520. The quantitative estimate of drug-likeness (QED) is 0.615. The molecule has 0 radical (unpaired) electrons. The predicted octanol–water partition coefficient (Wildman–Crippen LogP) is 1.50. The molecule has 0 aromatic carbocycles. The monoisotopic (exact) mass is 188 g/mol. The van der Waals surface area contributed by atoms with Crippen LogP contribution in [0.3, 0.4) is 0 Å². The van der Waals surface area contributed by atoms with Gasteiger partial charge in [0.1, 0.15) is 0 Å². The van der Waals surface area contributed by atoms with Gasteiger partial charge in [-0.15, -0.1) is 0 Å². The Morgan fingerprint density at radius 2 is 1.82 bits per heavy atom. The van der Waals surface area contributed by atoms with Crippen LogP contribution in [-0.4, -0.2) is 19.7 Å². The van der Waals surface area contributed by atoms with E-state index >= 15 is 0 Å². The fourth-order valence-corrected chi connectivity index (χ4v) is 1.22. The third-order valence-corrected chi connectivity index (χ3v) is 2.37. The van der Waals surface area contributed by atoms with Crippen LogP contribution in [0.1, 0.15) is 6.92 Å². The van der Waals surface area contributed by atoms with E-state index in [9.17, 15) is 21.6 Å². The first-order chi connectivity index (χ1) is 4.67. The number of halogens is 3. The minimum atomic E-state index is -5.16. The van der Waals surface area contributed by atoms with Crippen molar-refractivity contribution in [3.05, 3.63) is 12.2 Å². The lowest BCUT2D eigenvalue weighted by atomic mass is 10.4. The molecule has 0 heterocycles. The maximum absolute atomic E-state index is 11.6. The first-order valence-corrected chi connectivity index (χ1v) is 4.25. The van der Waals surface area contributed by atoms with Crippen molar-refractivity contribution >= 4 is 9.84 Å². The minimum Gasteiger partial charge on any atom is -0.219 e. The summed E-state index contributed by atoms with van der Waals surface area (Å²) in [7, 11) is -5.00. The van der Waals surface area contributed by atoms with Crippen molar-refractivity contribution in [2.24, 2.45) is 0 Å².